The van der Waals surface area contributed by atoms with Gasteiger partial charge in [-0.25, -0.2) is 0 Å². The molecule has 3 rings (SSSR count). The Hall–Kier alpha value is -2.56. The van der Waals surface area contributed by atoms with E-state index >= 15 is 0 Å². The molecule has 2 aromatic heterocycles. The third-order valence-electron chi connectivity index (χ3n) is 5.63. The summed E-state index contributed by atoms with van der Waals surface area (Å²) in [5.41, 5.74) is 6.60. The molecule has 0 bridgehead atoms. The first-order valence-electron chi connectivity index (χ1n) is 10.8. The van der Waals surface area contributed by atoms with Crippen LogP contribution in [-0.2, 0) is 13.6 Å². The zero-order valence-electron chi connectivity index (χ0n) is 19.0. The van der Waals surface area contributed by atoms with Crippen LogP contribution in [0.4, 0.5) is 5.95 Å². The van der Waals surface area contributed by atoms with Crippen molar-refractivity contribution in [1.29, 1.82) is 0 Å². The third kappa shape index (κ3) is 3.70. The lowest BCUT2D eigenvalue weighted by Gasteiger charge is -2.24. The zero-order chi connectivity index (χ0) is 21.3. The minimum absolute atomic E-state index is 0.0313. The van der Waals surface area contributed by atoms with E-state index in [0.29, 0.717) is 0 Å². The van der Waals surface area contributed by atoms with Gasteiger partial charge in [-0.05, 0) is 57.2 Å². The van der Waals surface area contributed by atoms with Gasteiger partial charge in [0.2, 0.25) is 5.95 Å². The predicted molar refractivity (Wildman–Crippen MR) is 123 cm³/mol. The molecule has 0 aliphatic heterocycles. The van der Waals surface area contributed by atoms with E-state index < -0.39 is 0 Å². The summed E-state index contributed by atoms with van der Waals surface area (Å²) in [6, 6.07) is 4.38. The van der Waals surface area contributed by atoms with Crippen LogP contribution >= 0.6 is 0 Å². The molecule has 0 saturated carbocycles. The SMILES string of the molecule is CCCN(CCC)c1nc2c(c(-c3c(C)cc(C)cc3C)cn2CC)c(=O)n1C. The second-order valence-electron chi connectivity index (χ2n) is 8.06. The van der Waals surface area contributed by atoms with Crippen molar-refractivity contribution in [1.82, 2.24) is 14.1 Å². The highest BCUT2D eigenvalue weighted by atomic mass is 16.1. The fraction of sp³-hybridized carbons (Fsp3) is 0.500. The normalized spacial score (nSPS) is 11.4. The second kappa shape index (κ2) is 8.44. The highest BCUT2D eigenvalue weighted by molar-refractivity contribution is 5.96. The van der Waals surface area contributed by atoms with E-state index in [0.717, 1.165) is 60.6 Å². The molecule has 29 heavy (non-hydrogen) atoms. The van der Waals surface area contributed by atoms with Gasteiger partial charge in [-0.3, -0.25) is 9.36 Å². The van der Waals surface area contributed by atoms with Gasteiger partial charge >= 0.3 is 0 Å². The molecule has 0 amide bonds. The Morgan fingerprint density at radius 1 is 1.00 bits per heavy atom. The molecule has 5 heteroatoms. The number of rotatable bonds is 7. The van der Waals surface area contributed by atoms with Crippen molar-refractivity contribution in [2.24, 2.45) is 7.05 Å². The Labute approximate surface area is 174 Å². The van der Waals surface area contributed by atoms with Crippen molar-refractivity contribution in [3.63, 3.8) is 0 Å². The molecule has 156 valence electrons. The fourth-order valence-corrected chi connectivity index (χ4v) is 4.47. The Morgan fingerprint density at radius 2 is 1.59 bits per heavy atom. The molecule has 0 aliphatic carbocycles. The minimum Gasteiger partial charge on any atom is -0.342 e. The number of benzene rings is 1. The first-order chi connectivity index (χ1) is 13.8. The van der Waals surface area contributed by atoms with E-state index in [9.17, 15) is 4.79 Å². The Kier molecular flexibility index (Phi) is 6.15. The standard InChI is InChI=1S/C24H34N4O/c1-8-11-28(12-9-2)24-25-22-21(23(29)26(24)7)19(15-27(22)10-3)20-17(5)13-16(4)14-18(20)6/h13-15H,8-12H2,1-7H3. The fourth-order valence-electron chi connectivity index (χ4n) is 4.47. The van der Waals surface area contributed by atoms with E-state index in [2.05, 4.69) is 69.3 Å². The highest BCUT2D eigenvalue weighted by Crippen LogP contribution is 2.34. The quantitative estimate of drug-likeness (QED) is 0.568. The Morgan fingerprint density at radius 3 is 2.10 bits per heavy atom. The molecule has 0 fully saturated rings. The summed E-state index contributed by atoms with van der Waals surface area (Å²) in [5.74, 6) is 0.767. The van der Waals surface area contributed by atoms with Crippen molar-refractivity contribution in [2.75, 3.05) is 18.0 Å². The average Bonchev–Trinajstić information content (AvgIpc) is 3.02. The molecular formula is C24H34N4O. The average molecular weight is 395 g/mol. The second-order valence-corrected chi connectivity index (χ2v) is 8.06. The minimum atomic E-state index is 0.0313. The van der Waals surface area contributed by atoms with E-state index in [4.69, 9.17) is 4.98 Å². The summed E-state index contributed by atoms with van der Waals surface area (Å²) in [7, 11) is 1.85. The van der Waals surface area contributed by atoms with Crippen LogP contribution in [0.3, 0.4) is 0 Å². The summed E-state index contributed by atoms with van der Waals surface area (Å²) >= 11 is 0. The highest BCUT2D eigenvalue weighted by Gasteiger charge is 2.22. The number of hydrogen-bond acceptors (Lipinski definition) is 3. The Bertz CT molecular complexity index is 1060. The van der Waals surface area contributed by atoms with Crippen LogP contribution in [-0.4, -0.2) is 27.2 Å². The lowest BCUT2D eigenvalue weighted by Crippen LogP contribution is -2.33. The lowest BCUT2D eigenvalue weighted by atomic mass is 9.94. The Balaban J connectivity index is 2.35. The van der Waals surface area contributed by atoms with Gasteiger partial charge in [0.15, 0.2) is 0 Å². The van der Waals surface area contributed by atoms with E-state index in [1.807, 2.05) is 7.05 Å². The first-order valence-corrected chi connectivity index (χ1v) is 10.8. The summed E-state index contributed by atoms with van der Waals surface area (Å²) in [6.45, 7) is 15.4. The van der Waals surface area contributed by atoms with Crippen LogP contribution < -0.4 is 10.5 Å². The van der Waals surface area contributed by atoms with Crippen LogP contribution in [0, 0.1) is 20.8 Å². The number of anilines is 1. The van der Waals surface area contributed by atoms with Crippen molar-refractivity contribution in [2.45, 2.75) is 60.9 Å². The molecule has 0 spiro atoms. The van der Waals surface area contributed by atoms with Gasteiger partial charge in [-0.2, -0.15) is 4.98 Å². The molecule has 0 aliphatic rings. The van der Waals surface area contributed by atoms with Gasteiger partial charge in [0.25, 0.3) is 5.56 Å². The van der Waals surface area contributed by atoms with Crippen LogP contribution in [0.1, 0.15) is 50.3 Å². The lowest BCUT2D eigenvalue weighted by molar-refractivity contribution is 0.681. The van der Waals surface area contributed by atoms with Gasteiger partial charge in [-0.1, -0.05) is 31.5 Å². The maximum atomic E-state index is 13.6. The first kappa shape index (κ1) is 21.2. The third-order valence-corrected chi connectivity index (χ3v) is 5.63. The molecule has 0 saturated heterocycles. The largest absolute Gasteiger partial charge is 0.342 e. The number of aromatic nitrogens is 3. The monoisotopic (exact) mass is 394 g/mol. The predicted octanol–water partition coefficient (Wildman–Crippen LogP) is 4.97. The molecule has 0 N–H and O–H groups in total. The van der Waals surface area contributed by atoms with Crippen molar-refractivity contribution in [3.8, 4) is 11.1 Å². The molecule has 0 radical (unpaired) electrons. The van der Waals surface area contributed by atoms with Crippen LogP contribution in [0.15, 0.2) is 23.1 Å². The number of aryl methyl sites for hydroxylation is 4. The number of hydrogen-bond donors (Lipinski definition) is 0. The molecule has 3 aromatic rings. The summed E-state index contributed by atoms with van der Waals surface area (Å²) in [6.07, 6.45) is 4.16. The maximum absolute atomic E-state index is 13.6. The van der Waals surface area contributed by atoms with Crippen LogP contribution in [0.25, 0.3) is 22.2 Å². The molecule has 0 unspecified atom stereocenters. The van der Waals surface area contributed by atoms with Crippen molar-refractivity contribution in [3.05, 3.63) is 45.4 Å². The molecule has 0 atom stereocenters. The van der Waals surface area contributed by atoms with E-state index in [1.54, 1.807) is 4.57 Å². The summed E-state index contributed by atoms with van der Waals surface area (Å²) < 4.78 is 3.85. The number of nitrogens with zero attached hydrogens (tertiary/aromatic N) is 4. The van der Waals surface area contributed by atoms with Crippen molar-refractivity contribution >= 4 is 17.0 Å². The van der Waals surface area contributed by atoms with Gasteiger partial charge < -0.3 is 9.47 Å². The van der Waals surface area contributed by atoms with E-state index in [1.165, 1.54) is 16.7 Å². The molecule has 2 heterocycles. The van der Waals surface area contributed by atoms with E-state index in [-0.39, 0.29) is 5.56 Å². The van der Waals surface area contributed by atoms with Gasteiger partial charge in [0.1, 0.15) is 5.65 Å². The van der Waals surface area contributed by atoms with Gasteiger partial charge in [0, 0.05) is 38.4 Å². The number of fused-ring (bicyclic) bond motifs is 1. The molecular weight excluding hydrogens is 360 g/mol. The van der Waals surface area contributed by atoms with Crippen molar-refractivity contribution < 1.29 is 0 Å². The maximum Gasteiger partial charge on any atom is 0.264 e. The van der Waals surface area contributed by atoms with Gasteiger partial charge in [-0.15, -0.1) is 0 Å². The topological polar surface area (TPSA) is 43.1 Å². The smallest absolute Gasteiger partial charge is 0.264 e. The van der Waals surface area contributed by atoms with Crippen LogP contribution in [0.2, 0.25) is 0 Å². The summed E-state index contributed by atoms with van der Waals surface area (Å²) in [4.78, 5) is 20.8. The summed E-state index contributed by atoms with van der Waals surface area (Å²) in [5, 5.41) is 0.723. The van der Waals surface area contributed by atoms with Crippen LogP contribution in [0.5, 0.6) is 0 Å². The molecule has 1 aromatic carbocycles. The van der Waals surface area contributed by atoms with Gasteiger partial charge in [0.05, 0.1) is 5.39 Å². The molecule has 5 nitrogen and oxygen atoms in total. The zero-order valence-corrected chi connectivity index (χ0v) is 19.0.